The molecule has 1 aliphatic carbocycles. The number of thiophene rings is 3. The van der Waals surface area contributed by atoms with Gasteiger partial charge in [-0.3, -0.25) is 0 Å². The highest BCUT2D eigenvalue weighted by Gasteiger charge is 2.25. The standard InChI is InChI=1S/C98H59N5S3/c1-7-25-85-71(19-1)74-42-33-61(64-36-45-80-77-22-4-10-28-91(77)104-94(80)55-64)52-88(74)101(85)68-40-31-58(32-41-68)97-83-51-60(59-15-13-17-69(49-59)102-86-26-8-2-20-72(86)75-43-34-62(53-89(75)102)65-37-46-81-78-23-5-11-29-92(78)105-95(81)56-65)39-48-84(83)99-98(100-97)67-16-14-18-70(50-67)103-87-27-9-3-21-73(87)76-44-35-63(54-90(76)103)66-38-47-82-79-24-6-12-30-93(79)106-96(82)57-66/h1-49,51-57,67H,50H2/t67-/m1/s1. The zero-order chi connectivity index (χ0) is 69.2. The van der Waals surface area contributed by atoms with Crippen molar-refractivity contribution >= 4 is 177 Å². The predicted molar refractivity (Wildman–Crippen MR) is 454 cm³/mol. The molecular weight excluding hydrogens is 1340 g/mol. The van der Waals surface area contributed by atoms with Gasteiger partial charge in [-0.15, -0.1) is 34.0 Å². The molecule has 494 valence electrons. The molecular formula is C98H59N5S3. The molecule has 0 saturated heterocycles. The van der Waals surface area contributed by atoms with E-state index in [1.807, 2.05) is 34.0 Å². The van der Waals surface area contributed by atoms with Gasteiger partial charge >= 0.3 is 0 Å². The summed E-state index contributed by atoms with van der Waals surface area (Å²) < 4.78 is 15.2. The highest BCUT2D eigenvalue weighted by atomic mass is 32.1. The highest BCUT2D eigenvalue weighted by molar-refractivity contribution is 7.26. The second-order valence-corrected chi connectivity index (χ2v) is 31.5. The minimum absolute atomic E-state index is 0.120. The maximum absolute atomic E-state index is 5.82. The summed E-state index contributed by atoms with van der Waals surface area (Å²) in [5, 5.41) is 16.2. The Morgan fingerprint density at radius 1 is 0.255 bits per heavy atom. The summed E-state index contributed by atoms with van der Waals surface area (Å²) in [7, 11) is 0. The van der Waals surface area contributed by atoms with Gasteiger partial charge in [0.2, 0.25) is 0 Å². The summed E-state index contributed by atoms with van der Waals surface area (Å²) in [5.41, 5.74) is 22.6. The molecule has 7 aromatic heterocycles. The van der Waals surface area contributed by atoms with Gasteiger partial charge < -0.3 is 13.7 Å². The third kappa shape index (κ3) is 9.31. The molecule has 7 heterocycles. The molecule has 23 rings (SSSR count). The molecule has 1 aliphatic rings. The first-order chi connectivity index (χ1) is 52.5. The fraction of sp³-hybridized carbons (Fsp3) is 0.0204. The van der Waals surface area contributed by atoms with Gasteiger partial charge in [0.1, 0.15) is 5.82 Å². The summed E-state index contributed by atoms with van der Waals surface area (Å²) in [4.78, 5) is 11.4. The number of nitrogens with zero attached hydrogens (tertiary/aromatic N) is 5. The van der Waals surface area contributed by atoms with E-state index in [0.717, 1.165) is 61.5 Å². The summed E-state index contributed by atoms with van der Waals surface area (Å²) in [6.45, 7) is 0. The van der Waals surface area contributed by atoms with E-state index in [4.69, 9.17) is 9.97 Å². The molecule has 5 nitrogen and oxygen atoms in total. The molecule has 0 saturated carbocycles. The van der Waals surface area contributed by atoms with Crippen molar-refractivity contribution in [3.63, 3.8) is 0 Å². The Morgan fingerprint density at radius 3 is 1.14 bits per heavy atom. The Morgan fingerprint density at radius 2 is 0.632 bits per heavy atom. The maximum atomic E-state index is 5.82. The fourth-order valence-corrected chi connectivity index (χ4v) is 20.8. The predicted octanol–water partition coefficient (Wildman–Crippen LogP) is 28.0. The molecule has 0 spiro atoms. The van der Waals surface area contributed by atoms with Gasteiger partial charge in [-0.25, -0.2) is 9.97 Å². The lowest BCUT2D eigenvalue weighted by molar-refractivity contribution is 0.773. The molecule has 0 aliphatic heterocycles. The van der Waals surface area contributed by atoms with Gasteiger partial charge in [0, 0.05) is 133 Å². The van der Waals surface area contributed by atoms with Crippen molar-refractivity contribution < 1.29 is 0 Å². The van der Waals surface area contributed by atoms with E-state index in [9.17, 15) is 0 Å². The first-order valence-electron chi connectivity index (χ1n) is 36.2. The zero-order valence-electron chi connectivity index (χ0n) is 57.1. The molecule has 0 bridgehead atoms. The van der Waals surface area contributed by atoms with Gasteiger partial charge in [-0.05, 0) is 160 Å². The minimum atomic E-state index is -0.120. The van der Waals surface area contributed by atoms with Gasteiger partial charge in [-0.2, -0.15) is 0 Å². The normalized spacial score (nSPS) is 13.5. The Hall–Kier alpha value is -12.8. The molecule has 8 heteroatoms. The second-order valence-electron chi connectivity index (χ2n) is 28.3. The van der Waals surface area contributed by atoms with E-state index in [1.54, 1.807) is 0 Å². The lowest BCUT2D eigenvalue weighted by Crippen LogP contribution is -2.10. The minimum Gasteiger partial charge on any atom is -0.313 e. The first-order valence-corrected chi connectivity index (χ1v) is 38.7. The molecule has 15 aromatic carbocycles. The van der Waals surface area contributed by atoms with Crippen molar-refractivity contribution in [3.05, 3.63) is 346 Å². The van der Waals surface area contributed by atoms with Crippen molar-refractivity contribution in [3.8, 4) is 67.1 Å². The molecule has 0 unspecified atom stereocenters. The van der Waals surface area contributed by atoms with Gasteiger partial charge in [0.15, 0.2) is 0 Å². The highest BCUT2D eigenvalue weighted by Crippen LogP contribution is 2.46. The smallest absolute Gasteiger partial charge is 0.136 e. The fourth-order valence-electron chi connectivity index (χ4n) is 17.3. The van der Waals surface area contributed by atoms with Crippen LogP contribution in [0, 0.1) is 0 Å². The van der Waals surface area contributed by atoms with Crippen LogP contribution in [0.3, 0.4) is 0 Å². The van der Waals surface area contributed by atoms with Crippen LogP contribution in [0.1, 0.15) is 18.2 Å². The number of hydrogen-bond donors (Lipinski definition) is 0. The van der Waals surface area contributed by atoms with E-state index in [2.05, 4.69) is 353 Å². The van der Waals surface area contributed by atoms with E-state index >= 15 is 0 Å². The van der Waals surface area contributed by atoms with Crippen LogP contribution >= 0.6 is 34.0 Å². The molecule has 0 N–H and O–H groups in total. The molecule has 22 aromatic rings. The van der Waals surface area contributed by atoms with E-state index < -0.39 is 0 Å². The van der Waals surface area contributed by atoms with Crippen molar-refractivity contribution in [2.45, 2.75) is 12.3 Å². The first kappa shape index (κ1) is 59.7. The van der Waals surface area contributed by atoms with Crippen molar-refractivity contribution in [2.75, 3.05) is 0 Å². The SMILES string of the molecule is C1=C[C@@H](c2nc(-c3ccc(-n4c5ccccc5c5ccc(-c6ccc7c(c6)sc6ccccc67)cc54)cc3)c3cc(-c4cccc(-n5c6ccccc6c6ccc(-c7ccc8c(c7)sc7ccccc78)cc65)c4)ccc3n2)CC(n2c3ccccc3c3ccc(-c4ccc5c(c4)sc4ccccc45)cc32)=C1. The average Bonchev–Trinajstić information content (AvgIpc) is 1.55. The summed E-state index contributed by atoms with van der Waals surface area (Å²) >= 11 is 5.60. The van der Waals surface area contributed by atoms with Crippen LogP contribution in [0.2, 0.25) is 0 Å². The van der Waals surface area contributed by atoms with Gasteiger partial charge in [0.25, 0.3) is 0 Å². The van der Waals surface area contributed by atoms with E-state index in [0.29, 0.717) is 6.42 Å². The monoisotopic (exact) mass is 1400 g/mol. The van der Waals surface area contributed by atoms with Crippen molar-refractivity contribution in [2.24, 2.45) is 0 Å². The topological polar surface area (TPSA) is 40.6 Å². The molecule has 0 fully saturated rings. The van der Waals surface area contributed by atoms with Crippen LogP contribution < -0.4 is 0 Å². The van der Waals surface area contributed by atoms with Crippen LogP contribution in [-0.4, -0.2) is 23.7 Å². The van der Waals surface area contributed by atoms with Crippen LogP contribution in [0.15, 0.2) is 340 Å². The van der Waals surface area contributed by atoms with Crippen LogP contribution in [0.25, 0.3) is 210 Å². The Bertz CT molecular complexity index is 7570. The number of aromatic nitrogens is 5. The summed E-state index contributed by atoms with van der Waals surface area (Å²) in [6.07, 6.45) is 7.53. The van der Waals surface area contributed by atoms with Crippen LogP contribution in [0.4, 0.5) is 0 Å². The summed E-state index contributed by atoms with van der Waals surface area (Å²) in [6, 6.07) is 120. The maximum Gasteiger partial charge on any atom is 0.136 e. The summed E-state index contributed by atoms with van der Waals surface area (Å²) in [5.74, 6) is 0.671. The third-order valence-electron chi connectivity index (χ3n) is 22.4. The molecule has 0 radical (unpaired) electrons. The van der Waals surface area contributed by atoms with Crippen LogP contribution in [-0.2, 0) is 0 Å². The lowest BCUT2D eigenvalue weighted by atomic mass is 9.95. The Balaban J connectivity index is 0.650. The molecule has 106 heavy (non-hydrogen) atoms. The average molecular weight is 1400 g/mol. The number of para-hydroxylation sites is 3. The quantitative estimate of drug-likeness (QED) is 0.144. The number of benzene rings is 15. The van der Waals surface area contributed by atoms with Gasteiger partial charge in [0.05, 0.1) is 44.3 Å². The number of hydrogen-bond acceptors (Lipinski definition) is 5. The molecule has 1 atom stereocenters. The van der Waals surface area contributed by atoms with E-state index in [1.165, 1.54) is 154 Å². The third-order valence-corrected chi connectivity index (χ3v) is 25.8. The Labute approximate surface area is 620 Å². The lowest BCUT2D eigenvalue weighted by Gasteiger charge is -2.21. The Kier molecular flexibility index (Phi) is 13.1. The van der Waals surface area contributed by atoms with Crippen molar-refractivity contribution in [1.82, 2.24) is 23.7 Å². The van der Waals surface area contributed by atoms with Crippen LogP contribution in [0.5, 0.6) is 0 Å². The molecule has 0 amide bonds. The number of fused-ring (bicyclic) bond motifs is 19. The van der Waals surface area contributed by atoms with E-state index in [-0.39, 0.29) is 5.92 Å². The second kappa shape index (κ2) is 23.3. The van der Waals surface area contributed by atoms with Gasteiger partial charge in [-0.1, -0.05) is 224 Å². The largest absolute Gasteiger partial charge is 0.313 e. The number of allylic oxidation sites excluding steroid dienone is 4. The van der Waals surface area contributed by atoms with Crippen molar-refractivity contribution in [1.29, 1.82) is 0 Å². The number of rotatable bonds is 9. The zero-order valence-corrected chi connectivity index (χ0v) is 59.5.